The average molecular weight is 278 g/mol. The summed E-state index contributed by atoms with van der Waals surface area (Å²) in [5.74, 6) is -0.171. The highest BCUT2D eigenvalue weighted by Crippen LogP contribution is 2.19. The molecule has 0 bridgehead atoms. The summed E-state index contributed by atoms with van der Waals surface area (Å²) in [4.78, 5) is 11.9. The molecule has 0 fully saturated rings. The van der Waals surface area contributed by atoms with Crippen LogP contribution in [0.3, 0.4) is 0 Å². The number of amides is 1. The van der Waals surface area contributed by atoms with Crippen LogP contribution in [-0.4, -0.2) is 22.2 Å². The maximum Gasteiger partial charge on any atom is 0.242 e. The van der Waals surface area contributed by atoms with E-state index in [1.165, 1.54) is 0 Å². The van der Waals surface area contributed by atoms with Gasteiger partial charge in [-0.1, -0.05) is 30.3 Å². The minimum atomic E-state index is -0.646. The molecule has 1 aromatic carbocycles. The van der Waals surface area contributed by atoms with Gasteiger partial charge in [0.1, 0.15) is 5.38 Å². The third-order valence-corrected chi connectivity index (χ3v) is 3.38. The standard InChI is InChI=1S/C14H16ClN3O/c1-18-12(8-10-17-18)7-9-16-14(19)13(15)11-5-3-2-4-6-11/h2-6,8,10,13H,7,9H2,1H3,(H,16,19). The molecule has 1 heterocycles. The number of nitrogens with zero attached hydrogens (tertiary/aromatic N) is 2. The fourth-order valence-corrected chi connectivity index (χ4v) is 2.05. The summed E-state index contributed by atoms with van der Waals surface area (Å²) in [5, 5.41) is 6.26. The largest absolute Gasteiger partial charge is 0.354 e. The topological polar surface area (TPSA) is 46.9 Å². The molecule has 1 aromatic heterocycles. The number of carbonyl (C=O) groups excluding carboxylic acids is 1. The van der Waals surface area contributed by atoms with Crippen molar-refractivity contribution in [1.29, 1.82) is 0 Å². The molecule has 5 heteroatoms. The first kappa shape index (κ1) is 13.6. The van der Waals surface area contributed by atoms with Gasteiger partial charge in [0.2, 0.25) is 5.91 Å². The fraction of sp³-hybridized carbons (Fsp3) is 0.286. The SMILES string of the molecule is Cn1nccc1CCNC(=O)C(Cl)c1ccccc1. The van der Waals surface area contributed by atoms with E-state index in [0.717, 1.165) is 17.7 Å². The number of hydrogen-bond donors (Lipinski definition) is 1. The van der Waals surface area contributed by atoms with Crippen molar-refractivity contribution < 1.29 is 4.79 Å². The van der Waals surface area contributed by atoms with Crippen LogP contribution >= 0.6 is 11.6 Å². The van der Waals surface area contributed by atoms with Crippen LogP contribution in [0.25, 0.3) is 0 Å². The molecule has 1 amide bonds. The predicted octanol–water partition coefficient (Wildman–Crippen LogP) is 2.06. The molecule has 1 atom stereocenters. The van der Waals surface area contributed by atoms with E-state index in [1.54, 1.807) is 10.9 Å². The summed E-state index contributed by atoms with van der Waals surface area (Å²) in [6, 6.07) is 11.3. The Labute approximate surface area is 117 Å². The third-order valence-electron chi connectivity index (χ3n) is 2.93. The normalized spacial score (nSPS) is 12.1. The van der Waals surface area contributed by atoms with Gasteiger partial charge >= 0.3 is 0 Å². The number of hydrogen-bond acceptors (Lipinski definition) is 2. The van der Waals surface area contributed by atoms with Crippen LogP contribution in [0.15, 0.2) is 42.6 Å². The Kier molecular flexibility index (Phi) is 4.58. The average Bonchev–Trinajstić information content (AvgIpc) is 2.84. The lowest BCUT2D eigenvalue weighted by atomic mass is 10.1. The Morgan fingerprint density at radius 3 is 2.74 bits per heavy atom. The van der Waals surface area contributed by atoms with E-state index < -0.39 is 5.38 Å². The Morgan fingerprint density at radius 1 is 1.37 bits per heavy atom. The van der Waals surface area contributed by atoms with Crippen LogP contribution in [0.4, 0.5) is 0 Å². The molecule has 0 aliphatic carbocycles. The molecule has 19 heavy (non-hydrogen) atoms. The summed E-state index contributed by atoms with van der Waals surface area (Å²) in [7, 11) is 1.88. The Bertz CT molecular complexity index is 539. The highest BCUT2D eigenvalue weighted by Gasteiger charge is 2.16. The van der Waals surface area contributed by atoms with Crippen LogP contribution < -0.4 is 5.32 Å². The number of rotatable bonds is 5. The minimum absolute atomic E-state index is 0.171. The van der Waals surface area contributed by atoms with Crippen molar-refractivity contribution in [3.63, 3.8) is 0 Å². The van der Waals surface area contributed by atoms with Crippen molar-refractivity contribution in [1.82, 2.24) is 15.1 Å². The first-order valence-corrected chi connectivity index (χ1v) is 6.55. The van der Waals surface area contributed by atoms with E-state index in [2.05, 4.69) is 10.4 Å². The monoisotopic (exact) mass is 277 g/mol. The maximum absolute atomic E-state index is 11.9. The van der Waals surface area contributed by atoms with Crippen molar-refractivity contribution in [2.45, 2.75) is 11.8 Å². The molecular formula is C14H16ClN3O. The number of halogens is 1. The molecule has 1 N–H and O–H groups in total. The quantitative estimate of drug-likeness (QED) is 0.851. The van der Waals surface area contributed by atoms with Crippen LogP contribution in [-0.2, 0) is 18.3 Å². The van der Waals surface area contributed by atoms with E-state index in [4.69, 9.17) is 11.6 Å². The lowest BCUT2D eigenvalue weighted by Crippen LogP contribution is -2.29. The van der Waals surface area contributed by atoms with Crippen molar-refractivity contribution in [2.75, 3.05) is 6.54 Å². The van der Waals surface area contributed by atoms with Crippen LogP contribution in [0.5, 0.6) is 0 Å². The summed E-state index contributed by atoms with van der Waals surface area (Å²) < 4.78 is 1.79. The van der Waals surface area contributed by atoms with Gasteiger partial charge in [0.25, 0.3) is 0 Å². The first-order valence-electron chi connectivity index (χ1n) is 6.12. The molecule has 0 aliphatic heterocycles. The van der Waals surface area contributed by atoms with Gasteiger partial charge < -0.3 is 5.32 Å². The second kappa shape index (κ2) is 6.38. The summed E-state index contributed by atoms with van der Waals surface area (Å²) >= 11 is 6.12. The van der Waals surface area contributed by atoms with Gasteiger partial charge in [-0.15, -0.1) is 11.6 Å². The van der Waals surface area contributed by atoms with Gasteiger partial charge in [-0.2, -0.15) is 5.10 Å². The van der Waals surface area contributed by atoms with Crippen molar-refractivity contribution in [3.05, 3.63) is 53.9 Å². The lowest BCUT2D eigenvalue weighted by Gasteiger charge is -2.10. The zero-order valence-corrected chi connectivity index (χ0v) is 11.5. The highest BCUT2D eigenvalue weighted by atomic mass is 35.5. The maximum atomic E-state index is 11.9. The zero-order chi connectivity index (χ0) is 13.7. The molecule has 2 rings (SSSR count). The highest BCUT2D eigenvalue weighted by molar-refractivity contribution is 6.30. The summed E-state index contributed by atoms with van der Waals surface area (Å²) in [6.07, 6.45) is 2.48. The number of aryl methyl sites for hydroxylation is 1. The molecule has 100 valence electrons. The van der Waals surface area contributed by atoms with Crippen LogP contribution in [0.2, 0.25) is 0 Å². The summed E-state index contributed by atoms with van der Waals surface area (Å²) in [5.41, 5.74) is 1.88. The molecule has 2 aromatic rings. The second-order valence-electron chi connectivity index (χ2n) is 4.26. The fourth-order valence-electron chi connectivity index (χ4n) is 1.82. The van der Waals surface area contributed by atoms with E-state index in [-0.39, 0.29) is 5.91 Å². The molecule has 1 unspecified atom stereocenters. The van der Waals surface area contributed by atoms with Crippen molar-refractivity contribution in [3.8, 4) is 0 Å². The lowest BCUT2D eigenvalue weighted by molar-refractivity contribution is -0.120. The van der Waals surface area contributed by atoms with Crippen LogP contribution in [0.1, 0.15) is 16.6 Å². The smallest absolute Gasteiger partial charge is 0.242 e. The molecule has 0 saturated heterocycles. The number of nitrogens with one attached hydrogen (secondary N) is 1. The second-order valence-corrected chi connectivity index (χ2v) is 4.70. The Hall–Kier alpha value is -1.81. The molecule has 4 nitrogen and oxygen atoms in total. The van der Waals surface area contributed by atoms with Crippen molar-refractivity contribution >= 4 is 17.5 Å². The van der Waals surface area contributed by atoms with Gasteiger partial charge in [-0.3, -0.25) is 9.48 Å². The molecule has 0 aliphatic rings. The van der Waals surface area contributed by atoms with Gasteiger partial charge in [-0.25, -0.2) is 0 Å². The number of benzene rings is 1. The molecule has 0 spiro atoms. The minimum Gasteiger partial charge on any atom is -0.354 e. The van der Waals surface area contributed by atoms with E-state index in [0.29, 0.717) is 6.54 Å². The summed E-state index contributed by atoms with van der Waals surface area (Å²) in [6.45, 7) is 0.550. The third kappa shape index (κ3) is 3.58. The van der Waals surface area contributed by atoms with Gasteiger partial charge in [-0.05, 0) is 11.6 Å². The van der Waals surface area contributed by atoms with E-state index in [1.807, 2.05) is 43.4 Å². The number of aromatic nitrogens is 2. The van der Waals surface area contributed by atoms with Gasteiger partial charge in [0.15, 0.2) is 0 Å². The van der Waals surface area contributed by atoms with Gasteiger partial charge in [0.05, 0.1) is 0 Å². The number of carbonyl (C=O) groups is 1. The van der Waals surface area contributed by atoms with E-state index in [9.17, 15) is 4.79 Å². The zero-order valence-electron chi connectivity index (χ0n) is 10.7. The number of alkyl halides is 1. The van der Waals surface area contributed by atoms with Crippen LogP contribution in [0, 0.1) is 0 Å². The van der Waals surface area contributed by atoms with Gasteiger partial charge in [0, 0.05) is 31.9 Å². The molecular weight excluding hydrogens is 262 g/mol. The predicted molar refractivity (Wildman–Crippen MR) is 75.0 cm³/mol. The molecule has 0 saturated carbocycles. The molecule has 0 radical (unpaired) electrons. The van der Waals surface area contributed by atoms with Crippen molar-refractivity contribution in [2.24, 2.45) is 7.05 Å². The Balaban J connectivity index is 1.83. The Morgan fingerprint density at radius 2 is 2.11 bits per heavy atom. The van der Waals surface area contributed by atoms with E-state index >= 15 is 0 Å². The first-order chi connectivity index (χ1) is 9.18.